The predicted octanol–water partition coefficient (Wildman–Crippen LogP) is 2.08. The maximum Gasteiger partial charge on any atom is 0.258 e. The summed E-state index contributed by atoms with van der Waals surface area (Å²) in [5.41, 5.74) is 2.62. The first kappa shape index (κ1) is 17.0. The number of nitrogens with zero attached hydrogens (tertiary/aromatic N) is 2. The van der Waals surface area contributed by atoms with Gasteiger partial charge in [-0.2, -0.15) is 0 Å². The van der Waals surface area contributed by atoms with Crippen molar-refractivity contribution in [2.75, 3.05) is 12.4 Å². The number of aromatic amines is 1. The third kappa shape index (κ3) is 3.31. The molecule has 0 atom stereocenters. The highest BCUT2D eigenvalue weighted by molar-refractivity contribution is 5.97. The number of hydrogen-bond acceptors (Lipinski definition) is 4. The maximum absolute atomic E-state index is 12.8. The van der Waals surface area contributed by atoms with Crippen LogP contribution in [0.3, 0.4) is 0 Å². The molecular formula is C20H18N4O3. The number of rotatable bonds is 3. The molecular weight excluding hydrogens is 344 g/mol. The van der Waals surface area contributed by atoms with Crippen molar-refractivity contribution in [1.29, 1.82) is 0 Å². The fourth-order valence-electron chi connectivity index (χ4n) is 3.24. The van der Waals surface area contributed by atoms with E-state index < -0.39 is 0 Å². The Morgan fingerprint density at radius 1 is 1.15 bits per heavy atom. The Bertz CT molecular complexity index is 1120. The predicted molar refractivity (Wildman–Crippen MR) is 102 cm³/mol. The van der Waals surface area contributed by atoms with Crippen LogP contribution in [0.4, 0.5) is 5.69 Å². The minimum atomic E-state index is -0.221. The van der Waals surface area contributed by atoms with Gasteiger partial charge in [-0.05, 0) is 42.3 Å². The zero-order chi connectivity index (χ0) is 19.0. The minimum absolute atomic E-state index is 0.00923. The smallest absolute Gasteiger partial charge is 0.258 e. The lowest BCUT2D eigenvalue weighted by Crippen LogP contribution is -2.28. The summed E-state index contributed by atoms with van der Waals surface area (Å²) in [5, 5.41) is 3.33. The fraction of sp³-hybridized carbons (Fsp3) is 0.200. The van der Waals surface area contributed by atoms with Crippen LogP contribution in [0.15, 0.2) is 47.3 Å². The van der Waals surface area contributed by atoms with Gasteiger partial charge in [0.25, 0.3) is 11.5 Å². The number of para-hydroxylation sites is 1. The molecule has 2 amide bonds. The highest BCUT2D eigenvalue weighted by Crippen LogP contribution is 2.24. The van der Waals surface area contributed by atoms with Crippen molar-refractivity contribution in [3.8, 4) is 0 Å². The molecule has 0 spiro atoms. The van der Waals surface area contributed by atoms with E-state index >= 15 is 0 Å². The van der Waals surface area contributed by atoms with E-state index in [1.54, 1.807) is 37.4 Å². The number of H-pyrrole nitrogens is 1. The van der Waals surface area contributed by atoms with Crippen LogP contribution < -0.4 is 10.9 Å². The van der Waals surface area contributed by atoms with E-state index in [2.05, 4.69) is 15.3 Å². The normalized spacial score (nSPS) is 13.1. The van der Waals surface area contributed by atoms with Crippen LogP contribution in [0.2, 0.25) is 0 Å². The summed E-state index contributed by atoms with van der Waals surface area (Å²) in [6, 6.07) is 12.3. The molecule has 1 aromatic heterocycles. The Morgan fingerprint density at radius 2 is 1.96 bits per heavy atom. The van der Waals surface area contributed by atoms with Crippen molar-refractivity contribution in [1.82, 2.24) is 14.9 Å². The van der Waals surface area contributed by atoms with Crippen molar-refractivity contribution < 1.29 is 9.59 Å². The van der Waals surface area contributed by atoms with E-state index in [4.69, 9.17) is 0 Å². The highest BCUT2D eigenvalue weighted by atomic mass is 16.2. The quantitative estimate of drug-likeness (QED) is 0.746. The van der Waals surface area contributed by atoms with Gasteiger partial charge in [0, 0.05) is 24.7 Å². The van der Waals surface area contributed by atoms with Gasteiger partial charge in [-0.15, -0.1) is 0 Å². The Kier molecular flexibility index (Phi) is 4.19. The van der Waals surface area contributed by atoms with Gasteiger partial charge in [0.15, 0.2) is 0 Å². The lowest BCUT2D eigenvalue weighted by Gasteiger charge is -2.20. The van der Waals surface area contributed by atoms with Gasteiger partial charge in [-0.25, -0.2) is 4.98 Å². The third-order valence-corrected chi connectivity index (χ3v) is 4.64. The van der Waals surface area contributed by atoms with Gasteiger partial charge < -0.3 is 15.2 Å². The average molecular weight is 362 g/mol. The summed E-state index contributed by atoms with van der Waals surface area (Å²) < 4.78 is 0. The molecule has 1 aliphatic rings. The van der Waals surface area contributed by atoms with Crippen LogP contribution in [0.5, 0.6) is 0 Å². The number of carbonyl (C=O) groups excluding carboxylic acids is 2. The van der Waals surface area contributed by atoms with Gasteiger partial charge in [0.05, 0.1) is 17.4 Å². The summed E-state index contributed by atoms with van der Waals surface area (Å²) in [4.78, 5) is 45.1. The number of fused-ring (bicyclic) bond motifs is 2. The number of carbonyl (C=O) groups is 2. The standard InChI is InChI=1S/C20H18N4O3/c1-24(11-17-21-16-5-3-2-4-14(16)19(26)23-17)20(27)13-6-8-15-12(10-13)7-9-18(25)22-15/h2-6,8,10H,7,9,11H2,1H3,(H,22,25)(H,21,23,26). The van der Waals surface area contributed by atoms with E-state index in [0.29, 0.717) is 35.1 Å². The molecule has 0 fully saturated rings. The van der Waals surface area contributed by atoms with Crippen molar-refractivity contribution in [2.45, 2.75) is 19.4 Å². The van der Waals surface area contributed by atoms with Crippen LogP contribution in [-0.4, -0.2) is 33.7 Å². The second-order valence-corrected chi connectivity index (χ2v) is 6.61. The molecule has 136 valence electrons. The lowest BCUT2D eigenvalue weighted by atomic mass is 10.00. The number of aryl methyl sites for hydroxylation is 1. The van der Waals surface area contributed by atoms with Crippen LogP contribution in [0.1, 0.15) is 28.2 Å². The summed E-state index contributed by atoms with van der Waals surface area (Å²) >= 11 is 0. The van der Waals surface area contributed by atoms with E-state index in [1.165, 1.54) is 4.90 Å². The van der Waals surface area contributed by atoms with Gasteiger partial charge in [0.2, 0.25) is 5.91 Å². The summed E-state index contributed by atoms with van der Waals surface area (Å²) in [7, 11) is 1.67. The second kappa shape index (κ2) is 6.68. The molecule has 0 saturated heterocycles. The minimum Gasteiger partial charge on any atom is -0.334 e. The zero-order valence-corrected chi connectivity index (χ0v) is 14.8. The monoisotopic (exact) mass is 362 g/mol. The first-order valence-electron chi connectivity index (χ1n) is 8.67. The van der Waals surface area contributed by atoms with Gasteiger partial charge in [0.1, 0.15) is 5.82 Å². The van der Waals surface area contributed by atoms with Gasteiger partial charge >= 0.3 is 0 Å². The highest BCUT2D eigenvalue weighted by Gasteiger charge is 2.19. The third-order valence-electron chi connectivity index (χ3n) is 4.64. The van der Waals surface area contributed by atoms with Crippen LogP contribution in [-0.2, 0) is 17.8 Å². The van der Waals surface area contributed by atoms with E-state index in [0.717, 1.165) is 11.3 Å². The molecule has 0 unspecified atom stereocenters. The van der Waals surface area contributed by atoms with Crippen molar-refractivity contribution in [3.63, 3.8) is 0 Å². The van der Waals surface area contributed by atoms with E-state index in [1.807, 2.05) is 12.1 Å². The molecule has 1 aliphatic heterocycles. The molecule has 3 aromatic rings. The maximum atomic E-state index is 12.8. The van der Waals surface area contributed by atoms with Crippen molar-refractivity contribution in [3.05, 3.63) is 69.8 Å². The number of hydrogen-bond donors (Lipinski definition) is 2. The number of nitrogens with one attached hydrogen (secondary N) is 2. The molecule has 0 bridgehead atoms. The Hall–Kier alpha value is -3.48. The molecule has 0 aliphatic carbocycles. The van der Waals surface area contributed by atoms with E-state index in [9.17, 15) is 14.4 Å². The number of amides is 2. The van der Waals surface area contributed by atoms with Crippen LogP contribution >= 0.6 is 0 Å². The first-order valence-corrected chi connectivity index (χ1v) is 8.67. The molecule has 4 rings (SSSR count). The summed E-state index contributed by atoms with van der Waals surface area (Å²) in [5.74, 6) is 0.246. The van der Waals surface area contributed by atoms with Crippen LogP contribution in [0.25, 0.3) is 10.9 Å². The zero-order valence-electron chi connectivity index (χ0n) is 14.8. The number of aromatic nitrogens is 2. The largest absolute Gasteiger partial charge is 0.334 e. The molecule has 27 heavy (non-hydrogen) atoms. The summed E-state index contributed by atoms with van der Waals surface area (Å²) in [6.45, 7) is 0.187. The number of benzene rings is 2. The second-order valence-electron chi connectivity index (χ2n) is 6.61. The van der Waals surface area contributed by atoms with E-state index in [-0.39, 0.29) is 23.9 Å². The van der Waals surface area contributed by atoms with Gasteiger partial charge in [-0.1, -0.05) is 12.1 Å². The molecule has 2 aromatic carbocycles. The fourth-order valence-corrected chi connectivity index (χ4v) is 3.24. The topological polar surface area (TPSA) is 95.2 Å². The van der Waals surface area contributed by atoms with Gasteiger partial charge in [-0.3, -0.25) is 14.4 Å². The molecule has 7 heteroatoms. The Morgan fingerprint density at radius 3 is 2.81 bits per heavy atom. The Balaban J connectivity index is 1.56. The lowest BCUT2D eigenvalue weighted by molar-refractivity contribution is -0.116. The molecule has 7 nitrogen and oxygen atoms in total. The van der Waals surface area contributed by atoms with Crippen molar-refractivity contribution in [2.24, 2.45) is 0 Å². The molecule has 0 saturated carbocycles. The first-order chi connectivity index (χ1) is 13.0. The average Bonchev–Trinajstić information content (AvgIpc) is 2.67. The van der Waals surface area contributed by atoms with Crippen LogP contribution in [0, 0.1) is 0 Å². The number of anilines is 1. The SMILES string of the molecule is CN(Cc1nc2ccccc2c(=O)[nH]1)C(=O)c1ccc2c(c1)CCC(=O)N2. The molecule has 2 N–H and O–H groups in total. The van der Waals surface area contributed by atoms with Crippen molar-refractivity contribution >= 4 is 28.4 Å². The molecule has 2 heterocycles. The summed E-state index contributed by atoms with van der Waals surface area (Å²) in [6.07, 6.45) is 1.04. The molecule has 0 radical (unpaired) electrons. The Labute approximate surface area is 155 Å².